The maximum Gasteiger partial charge on any atom is 0.335 e. The third-order valence-electron chi connectivity index (χ3n) is 4.77. The van der Waals surface area contributed by atoms with Gasteiger partial charge in [-0.25, -0.2) is 13.2 Å². The van der Waals surface area contributed by atoms with Gasteiger partial charge >= 0.3 is 5.97 Å². The SMILES string of the molecule is Cc1ccc(C(=O)O)cc1S(=O)(=O)Nc1ccccc1C(=O)N1CCCCC1. The number of aromatic carboxylic acids is 1. The summed E-state index contributed by atoms with van der Waals surface area (Å²) >= 11 is 0. The van der Waals surface area contributed by atoms with Crippen molar-refractivity contribution in [3.05, 3.63) is 59.2 Å². The quantitative estimate of drug-likeness (QED) is 0.800. The van der Waals surface area contributed by atoms with Gasteiger partial charge in [0.05, 0.1) is 21.7 Å². The summed E-state index contributed by atoms with van der Waals surface area (Å²) in [7, 11) is -4.07. The average Bonchev–Trinajstić information content (AvgIpc) is 2.68. The number of nitrogens with zero attached hydrogens (tertiary/aromatic N) is 1. The second-order valence-electron chi connectivity index (χ2n) is 6.79. The Balaban J connectivity index is 1.94. The van der Waals surface area contributed by atoms with Crippen LogP contribution in [-0.2, 0) is 10.0 Å². The van der Waals surface area contributed by atoms with Gasteiger partial charge in [0.1, 0.15) is 0 Å². The van der Waals surface area contributed by atoms with Gasteiger partial charge in [-0.3, -0.25) is 9.52 Å². The van der Waals surface area contributed by atoms with Crippen molar-refractivity contribution in [3.8, 4) is 0 Å². The van der Waals surface area contributed by atoms with Gasteiger partial charge in [-0.2, -0.15) is 0 Å². The van der Waals surface area contributed by atoms with Gasteiger partial charge in [-0.15, -0.1) is 0 Å². The molecule has 0 aliphatic carbocycles. The van der Waals surface area contributed by atoms with Crippen LogP contribution < -0.4 is 4.72 Å². The van der Waals surface area contributed by atoms with E-state index in [-0.39, 0.29) is 27.6 Å². The van der Waals surface area contributed by atoms with Gasteiger partial charge in [-0.1, -0.05) is 18.2 Å². The molecule has 0 radical (unpaired) electrons. The number of rotatable bonds is 5. The normalized spacial score (nSPS) is 14.5. The average molecular weight is 402 g/mol. The van der Waals surface area contributed by atoms with E-state index < -0.39 is 16.0 Å². The van der Waals surface area contributed by atoms with Crippen LogP contribution in [0.4, 0.5) is 5.69 Å². The van der Waals surface area contributed by atoms with Gasteiger partial charge < -0.3 is 10.0 Å². The van der Waals surface area contributed by atoms with Crippen molar-refractivity contribution in [2.75, 3.05) is 17.8 Å². The Morgan fingerprint density at radius 2 is 1.71 bits per heavy atom. The van der Waals surface area contributed by atoms with Crippen LogP contribution in [0.2, 0.25) is 0 Å². The van der Waals surface area contributed by atoms with E-state index in [0.717, 1.165) is 25.3 Å². The van der Waals surface area contributed by atoms with E-state index >= 15 is 0 Å². The van der Waals surface area contributed by atoms with Crippen LogP contribution in [0.25, 0.3) is 0 Å². The summed E-state index contributed by atoms with van der Waals surface area (Å²) in [4.78, 5) is 25.7. The molecule has 0 saturated carbocycles. The molecule has 148 valence electrons. The van der Waals surface area contributed by atoms with Crippen LogP contribution in [-0.4, -0.2) is 43.4 Å². The van der Waals surface area contributed by atoms with E-state index in [2.05, 4.69) is 4.72 Å². The number of carboxylic acids is 1. The Labute approximate surface area is 164 Å². The van der Waals surface area contributed by atoms with Gasteiger partial charge in [-0.05, 0) is 56.0 Å². The zero-order chi connectivity index (χ0) is 20.3. The molecule has 0 aromatic heterocycles. The van der Waals surface area contributed by atoms with Crippen LogP contribution in [0.1, 0.15) is 45.5 Å². The third kappa shape index (κ3) is 4.17. The Morgan fingerprint density at radius 1 is 1.04 bits per heavy atom. The van der Waals surface area contributed by atoms with Gasteiger partial charge in [0.15, 0.2) is 0 Å². The maximum atomic E-state index is 12.9. The number of para-hydroxylation sites is 1. The number of carbonyl (C=O) groups is 2. The topological polar surface area (TPSA) is 104 Å². The lowest BCUT2D eigenvalue weighted by Gasteiger charge is -2.27. The predicted molar refractivity (Wildman–Crippen MR) is 105 cm³/mol. The van der Waals surface area contributed by atoms with Crippen LogP contribution >= 0.6 is 0 Å². The molecule has 1 amide bonds. The summed E-state index contributed by atoms with van der Waals surface area (Å²) in [6.07, 6.45) is 2.94. The summed E-state index contributed by atoms with van der Waals surface area (Å²) in [5, 5.41) is 9.15. The highest BCUT2D eigenvalue weighted by atomic mass is 32.2. The largest absolute Gasteiger partial charge is 0.478 e. The summed E-state index contributed by atoms with van der Waals surface area (Å²) in [6.45, 7) is 2.89. The van der Waals surface area contributed by atoms with Crippen molar-refractivity contribution in [1.29, 1.82) is 0 Å². The molecule has 1 aliphatic heterocycles. The maximum absolute atomic E-state index is 12.9. The first-order valence-corrected chi connectivity index (χ1v) is 10.5. The molecular weight excluding hydrogens is 380 g/mol. The minimum Gasteiger partial charge on any atom is -0.478 e. The molecule has 3 rings (SSSR count). The van der Waals surface area contributed by atoms with E-state index in [0.29, 0.717) is 18.7 Å². The second kappa shape index (κ2) is 8.02. The molecule has 7 nitrogen and oxygen atoms in total. The number of carbonyl (C=O) groups excluding carboxylic acids is 1. The number of hydrogen-bond donors (Lipinski definition) is 2. The molecule has 1 saturated heterocycles. The molecule has 2 N–H and O–H groups in total. The van der Waals surface area contributed by atoms with E-state index in [4.69, 9.17) is 5.11 Å². The van der Waals surface area contributed by atoms with Crippen molar-refractivity contribution in [3.63, 3.8) is 0 Å². The van der Waals surface area contributed by atoms with Gasteiger partial charge in [0.2, 0.25) is 0 Å². The van der Waals surface area contributed by atoms with Gasteiger partial charge in [0.25, 0.3) is 15.9 Å². The number of carboxylic acid groups (broad SMARTS) is 1. The van der Waals surface area contributed by atoms with Crippen molar-refractivity contribution >= 4 is 27.6 Å². The lowest BCUT2D eigenvalue weighted by atomic mass is 10.1. The smallest absolute Gasteiger partial charge is 0.335 e. The molecule has 2 aromatic carbocycles. The fourth-order valence-electron chi connectivity index (χ4n) is 3.25. The highest BCUT2D eigenvalue weighted by Crippen LogP contribution is 2.25. The third-order valence-corrected chi connectivity index (χ3v) is 6.28. The molecule has 8 heteroatoms. The zero-order valence-electron chi connectivity index (χ0n) is 15.5. The first kappa shape index (κ1) is 19.9. The monoisotopic (exact) mass is 402 g/mol. The number of piperidine rings is 1. The first-order chi connectivity index (χ1) is 13.3. The Bertz CT molecular complexity index is 1010. The fraction of sp³-hybridized carbons (Fsp3) is 0.300. The minimum atomic E-state index is -4.07. The van der Waals surface area contributed by atoms with Crippen LogP contribution in [0, 0.1) is 6.92 Å². The number of hydrogen-bond acceptors (Lipinski definition) is 4. The minimum absolute atomic E-state index is 0.122. The lowest BCUT2D eigenvalue weighted by Crippen LogP contribution is -2.36. The number of aryl methyl sites for hydroxylation is 1. The summed E-state index contributed by atoms with van der Waals surface area (Å²) in [5.41, 5.74) is 0.749. The first-order valence-electron chi connectivity index (χ1n) is 9.04. The highest BCUT2D eigenvalue weighted by Gasteiger charge is 2.24. The number of amides is 1. The second-order valence-corrected chi connectivity index (χ2v) is 8.44. The van der Waals surface area contributed by atoms with E-state index in [1.54, 1.807) is 30.0 Å². The number of benzene rings is 2. The number of anilines is 1. The van der Waals surface area contributed by atoms with Crippen LogP contribution in [0.3, 0.4) is 0 Å². The molecule has 0 spiro atoms. The highest BCUT2D eigenvalue weighted by molar-refractivity contribution is 7.92. The lowest BCUT2D eigenvalue weighted by molar-refractivity contribution is 0.0694. The van der Waals surface area contributed by atoms with Crippen molar-refractivity contribution < 1.29 is 23.1 Å². The van der Waals surface area contributed by atoms with Crippen molar-refractivity contribution in [2.24, 2.45) is 0 Å². The summed E-state index contributed by atoms with van der Waals surface area (Å²) < 4.78 is 28.3. The summed E-state index contributed by atoms with van der Waals surface area (Å²) in [6, 6.07) is 10.4. The zero-order valence-corrected chi connectivity index (χ0v) is 16.3. The Kier molecular flexibility index (Phi) is 5.69. The van der Waals surface area contributed by atoms with E-state index in [1.807, 2.05) is 0 Å². The van der Waals surface area contributed by atoms with Crippen molar-refractivity contribution in [1.82, 2.24) is 4.90 Å². The molecule has 2 aromatic rings. The molecule has 1 aliphatic rings. The molecule has 28 heavy (non-hydrogen) atoms. The number of nitrogens with one attached hydrogen (secondary N) is 1. The molecule has 0 atom stereocenters. The van der Waals surface area contributed by atoms with E-state index in [1.165, 1.54) is 18.2 Å². The number of sulfonamides is 1. The molecule has 1 heterocycles. The molecular formula is C20H22N2O5S. The van der Waals surface area contributed by atoms with Crippen molar-refractivity contribution in [2.45, 2.75) is 31.1 Å². The standard InChI is InChI=1S/C20H22N2O5S/c1-14-9-10-15(20(24)25)13-18(14)28(26,27)21-17-8-4-3-7-16(17)19(23)22-11-5-2-6-12-22/h3-4,7-10,13,21H,2,5-6,11-12H2,1H3,(H,24,25). The van der Waals surface area contributed by atoms with E-state index in [9.17, 15) is 18.0 Å². The molecule has 0 bridgehead atoms. The molecule has 1 fully saturated rings. The Morgan fingerprint density at radius 3 is 2.39 bits per heavy atom. The summed E-state index contributed by atoms with van der Waals surface area (Å²) in [5.74, 6) is -1.42. The molecule has 0 unspecified atom stereocenters. The Hall–Kier alpha value is -2.87. The predicted octanol–water partition coefficient (Wildman–Crippen LogP) is 3.12. The van der Waals surface area contributed by atoms with Gasteiger partial charge in [0, 0.05) is 13.1 Å². The fourth-order valence-corrected chi connectivity index (χ4v) is 4.60. The van der Waals surface area contributed by atoms with Crippen LogP contribution in [0.5, 0.6) is 0 Å². The van der Waals surface area contributed by atoms with Crippen LogP contribution in [0.15, 0.2) is 47.4 Å². The number of likely N-dealkylation sites (tertiary alicyclic amines) is 1.